The molecule has 0 amide bonds. The van der Waals surface area contributed by atoms with Crippen LogP contribution in [-0.4, -0.2) is 18.3 Å². The zero-order chi connectivity index (χ0) is 14.8. The highest BCUT2D eigenvalue weighted by Crippen LogP contribution is 2.10. The van der Waals surface area contributed by atoms with Crippen molar-refractivity contribution in [2.45, 2.75) is 12.1 Å². The van der Waals surface area contributed by atoms with Gasteiger partial charge < -0.3 is 0 Å². The number of rotatable bonds is 1. The number of fused-ring (bicyclic) bond motifs is 4. The van der Waals surface area contributed by atoms with Gasteiger partial charge in [0.2, 0.25) is 0 Å². The molecule has 22 heavy (non-hydrogen) atoms. The van der Waals surface area contributed by atoms with Crippen molar-refractivity contribution in [1.29, 1.82) is 0 Å². The minimum absolute atomic E-state index is 0.752. The fraction of sp³-hybridized carbons (Fsp3) is 0.100. The normalized spacial score (nSPS) is 14.5. The number of hydrogen-bond donors (Lipinski definition) is 0. The van der Waals surface area contributed by atoms with Gasteiger partial charge in [-0.1, -0.05) is 100.0 Å². The summed E-state index contributed by atoms with van der Waals surface area (Å²) < 4.78 is 0. The van der Waals surface area contributed by atoms with Gasteiger partial charge in [0.15, 0.2) is 0 Å². The van der Waals surface area contributed by atoms with Gasteiger partial charge in [-0.15, -0.1) is 0 Å². The van der Waals surface area contributed by atoms with Crippen LogP contribution in [0.4, 0.5) is 0 Å². The van der Waals surface area contributed by atoms with E-state index in [9.17, 15) is 0 Å². The molecule has 0 N–H and O–H groups in total. The summed E-state index contributed by atoms with van der Waals surface area (Å²) in [6.07, 6.45) is 0. The molecule has 0 aromatic heterocycles. The molecule has 4 rings (SSSR count). The fourth-order valence-corrected chi connectivity index (χ4v) is 6.92. The molecule has 3 radical (unpaired) electrons. The molecule has 1 aliphatic rings. The molecule has 0 unspecified atom stereocenters. The standard InChI is InChI=1S/C20H17Si2/c1-2-9-19(10-3-1)22-15-17-7-4-6-16(12-17)14-21-18-8-5-11-20(22)13-18/h1-13H,14-15H2. The Labute approximate surface area is 136 Å². The van der Waals surface area contributed by atoms with Crippen LogP contribution < -0.4 is 15.6 Å². The lowest BCUT2D eigenvalue weighted by Crippen LogP contribution is -2.46. The van der Waals surface area contributed by atoms with Crippen LogP contribution in [0.1, 0.15) is 11.1 Å². The van der Waals surface area contributed by atoms with Crippen molar-refractivity contribution in [2.75, 3.05) is 0 Å². The SMILES string of the molecule is c1ccc([Si]2Cc3cccc(c3)C[Si]c3cccc2c3)cc1. The van der Waals surface area contributed by atoms with E-state index in [2.05, 4.69) is 78.9 Å². The summed E-state index contributed by atoms with van der Waals surface area (Å²) in [5, 5.41) is 4.57. The second-order valence-electron chi connectivity index (χ2n) is 5.78. The van der Waals surface area contributed by atoms with E-state index in [1.165, 1.54) is 33.6 Å². The highest BCUT2D eigenvalue weighted by Gasteiger charge is 2.19. The summed E-state index contributed by atoms with van der Waals surface area (Å²) in [7, 11) is 0.120. The topological polar surface area (TPSA) is 0 Å². The summed E-state index contributed by atoms with van der Waals surface area (Å²) >= 11 is 0. The van der Waals surface area contributed by atoms with Gasteiger partial charge in [-0.2, -0.15) is 0 Å². The Bertz CT molecular complexity index is 780. The minimum Gasteiger partial charge on any atom is -0.0641 e. The Balaban J connectivity index is 1.84. The largest absolute Gasteiger partial charge is 0.125 e. The maximum atomic E-state index is 2.46. The maximum Gasteiger partial charge on any atom is 0.125 e. The van der Waals surface area contributed by atoms with E-state index in [1.54, 1.807) is 5.19 Å². The van der Waals surface area contributed by atoms with Crippen LogP contribution in [0.2, 0.25) is 0 Å². The van der Waals surface area contributed by atoms with E-state index >= 15 is 0 Å². The van der Waals surface area contributed by atoms with Gasteiger partial charge >= 0.3 is 0 Å². The molecular formula is C20H17Si2. The lowest BCUT2D eigenvalue weighted by atomic mass is 10.2. The van der Waals surface area contributed by atoms with Gasteiger partial charge in [0, 0.05) is 0 Å². The van der Waals surface area contributed by atoms with Crippen molar-refractivity contribution in [3.8, 4) is 0 Å². The third-order valence-electron chi connectivity index (χ3n) is 4.20. The molecule has 0 saturated carbocycles. The second-order valence-corrected chi connectivity index (χ2v) is 9.53. The van der Waals surface area contributed by atoms with Gasteiger partial charge in [-0.25, -0.2) is 0 Å². The Hall–Kier alpha value is -1.91. The van der Waals surface area contributed by atoms with Crippen LogP contribution in [0.5, 0.6) is 0 Å². The zero-order valence-electron chi connectivity index (χ0n) is 12.4. The zero-order valence-corrected chi connectivity index (χ0v) is 14.4. The molecule has 0 saturated heterocycles. The molecule has 3 aromatic rings. The van der Waals surface area contributed by atoms with Crippen LogP contribution in [-0.2, 0) is 12.1 Å². The molecule has 0 fully saturated rings. The van der Waals surface area contributed by atoms with E-state index in [-0.39, 0.29) is 0 Å². The lowest BCUT2D eigenvalue weighted by molar-refractivity contribution is 1.29. The van der Waals surface area contributed by atoms with E-state index in [4.69, 9.17) is 0 Å². The molecule has 3 aromatic carbocycles. The molecule has 2 heteroatoms. The van der Waals surface area contributed by atoms with Gasteiger partial charge in [0.1, 0.15) is 8.80 Å². The van der Waals surface area contributed by atoms with Gasteiger partial charge in [0.25, 0.3) is 0 Å². The highest BCUT2D eigenvalue weighted by atomic mass is 28.3. The minimum atomic E-state index is -0.752. The van der Waals surface area contributed by atoms with Gasteiger partial charge in [-0.05, 0) is 17.7 Å². The molecule has 105 valence electrons. The molecular weight excluding hydrogens is 296 g/mol. The van der Waals surface area contributed by atoms with Crippen LogP contribution >= 0.6 is 0 Å². The number of benzene rings is 3. The molecule has 1 aliphatic heterocycles. The summed E-state index contributed by atoms with van der Waals surface area (Å²) in [6.45, 7) is 0. The summed E-state index contributed by atoms with van der Waals surface area (Å²) in [5.74, 6) is 0. The molecule has 0 atom stereocenters. The van der Waals surface area contributed by atoms with Gasteiger partial charge in [-0.3, -0.25) is 0 Å². The monoisotopic (exact) mass is 313 g/mol. The van der Waals surface area contributed by atoms with E-state index in [1.807, 2.05) is 0 Å². The van der Waals surface area contributed by atoms with E-state index < -0.39 is 8.80 Å². The Morgan fingerprint density at radius 2 is 1.45 bits per heavy atom. The third-order valence-corrected chi connectivity index (χ3v) is 8.31. The quantitative estimate of drug-likeness (QED) is 0.602. The van der Waals surface area contributed by atoms with Crippen molar-refractivity contribution >= 4 is 33.9 Å². The summed E-state index contributed by atoms with van der Waals surface area (Å²) in [4.78, 5) is 0. The maximum absolute atomic E-state index is 2.46. The lowest BCUT2D eigenvalue weighted by Gasteiger charge is -2.19. The first-order valence-electron chi connectivity index (χ1n) is 7.72. The predicted octanol–water partition coefficient (Wildman–Crippen LogP) is 1.92. The van der Waals surface area contributed by atoms with Crippen LogP contribution in [0, 0.1) is 0 Å². The average molecular weight is 314 g/mol. The van der Waals surface area contributed by atoms with E-state index in [0.717, 1.165) is 9.52 Å². The molecule has 0 nitrogen and oxygen atoms in total. The van der Waals surface area contributed by atoms with Crippen LogP contribution in [0.25, 0.3) is 0 Å². The van der Waals surface area contributed by atoms with Crippen molar-refractivity contribution < 1.29 is 0 Å². The Morgan fingerprint density at radius 1 is 0.682 bits per heavy atom. The first kappa shape index (κ1) is 13.7. The first-order chi connectivity index (χ1) is 10.9. The van der Waals surface area contributed by atoms with Crippen LogP contribution in [0.3, 0.4) is 0 Å². The number of hydrogen-bond acceptors (Lipinski definition) is 0. The van der Waals surface area contributed by atoms with Crippen LogP contribution in [0.15, 0.2) is 78.9 Å². The molecule has 1 heterocycles. The van der Waals surface area contributed by atoms with Gasteiger partial charge in [0.05, 0.1) is 9.52 Å². The molecule has 0 spiro atoms. The molecule has 0 aliphatic carbocycles. The molecule has 4 bridgehead atoms. The first-order valence-corrected chi connectivity index (χ1v) is 10.6. The smallest absolute Gasteiger partial charge is 0.0641 e. The van der Waals surface area contributed by atoms with Crippen molar-refractivity contribution in [1.82, 2.24) is 0 Å². The predicted molar refractivity (Wildman–Crippen MR) is 97.1 cm³/mol. The third kappa shape index (κ3) is 2.85. The highest BCUT2D eigenvalue weighted by molar-refractivity contribution is 6.85. The average Bonchev–Trinajstić information content (AvgIpc) is 2.59. The summed E-state index contributed by atoms with van der Waals surface area (Å²) in [5.41, 5.74) is 2.98. The van der Waals surface area contributed by atoms with Crippen molar-refractivity contribution in [3.05, 3.63) is 90.0 Å². The van der Waals surface area contributed by atoms with Crippen molar-refractivity contribution in [3.63, 3.8) is 0 Å². The Morgan fingerprint density at radius 3 is 2.36 bits per heavy atom. The Kier molecular flexibility index (Phi) is 3.79. The fourth-order valence-electron chi connectivity index (χ4n) is 3.08. The summed E-state index contributed by atoms with van der Waals surface area (Å²) in [6, 6.07) is 32.0. The second kappa shape index (κ2) is 6.07. The van der Waals surface area contributed by atoms with E-state index in [0.29, 0.717) is 0 Å². The van der Waals surface area contributed by atoms with Crippen molar-refractivity contribution in [2.24, 2.45) is 0 Å².